The summed E-state index contributed by atoms with van der Waals surface area (Å²) in [6.45, 7) is 2.64. The molecule has 0 atom stereocenters. The van der Waals surface area contributed by atoms with Crippen molar-refractivity contribution in [3.8, 4) is 0 Å². The van der Waals surface area contributed by atoms with Gasteiger partial charge in [0.05, 0.1) is 10.7 Å². The van der Waals surface area contributed by atoms with E-state index in [4.69, 9.17) is 0 Å². The first-order chi connectivity index (χ1) is 9.24. The van der Waals surface area contributed by atoms with E-state index in [-0.39, 0.29) is 5.91 Å². The van der Waals surface area contributed by atoms with Crippen molar-refractivity contribution in [3.05, 3.63) is 46.2 Å². The summed E-state index contributed by atoms with van der Waals surface area (Å²) in [6, 6.07) is 3.87. The maximum atomic E-state index is 11.7. The van der Waals surface area contributed by atoms with Gasteiger partial charge in [-0.15, -0.1) is 11.3 Å². The third-order valence-corrected chi connectivity index (χ3v) is 3.58. The van der Waals surface area contributed by atoms with Gasteiger partial charge in [0, 0.05) is 37.2 Å². The Morgan fingerprint density at radius 3 is 2.79 bits per heavy atom. The summed E-state index contributed by atoms with van der Waals surface area (Å²) < 4.78 is 0. The highest BCUT2D eigenvalue weighted by Gasteiger charge is 2.03. The fraction of sp³-hybridized carbons (Fsp3) is 0.357. The predicted molar refractivity (Wildman–Crippen MR) is 76.1 cm³/mol. The van der Waals surface area contributed by atoms with Crippen LogP contribution in [-0.2, 0) is 17.6 Å². The highest BCUT2D eigenvalue weighted by molar-refractivity contribution is 7.09. The molecule has 4 nitrogen and oxygen atoms in total. The SMILES string of the molecule is Cc1nc(CCNC(=O)CCc2ccncc2)cs1. The van der Waals surface area contributed by atoms with Crippen molar-refractivity contribution < 1.29 is 4.79 Å². The third kappa shape index (κ3) is 4.79. The highest BCUT2D eigenvalue weighted by Crippen LogP contribution is 2.07. The summed E-state index contributed by atoms with van der Waals surface area (Å²) in [5.41, 5.74) is 2.19. The molecule has 0 aromatic carbocycles. The minimum absolute atomic E-state index is 0.0868. The van der Waals surface area contributed by atoms with Crippen molar-refractivity contribution in [2.24, 2.45) is 0 Å². The van der Waals surface area contributed by atoms with E-state index >= 15 is 0 Å². The second-order valence-electron chi connectivity index (χ2n) is 4.31. The number of nitrogens with zero attached hydrogens (tertiary/aromatic N) is 2. The maximum absolute atomic E-state index is 11.7. The lowest BCUT2D eigenvalue weighted by molar-refractivity contribution is -0.121. The number of hydrogen-bond donors (Lipinski definition) is 1. The smallest absolute Gasteiger partial charge is 0.220 e. The van der Waals surface area contributed by atoms with Crippen LogP contribution in [-0.4, -0.2) is 22.4 Å². The van der Waals surface area contributed by atoms with E-state index in [0.29, 0.717) is 13.0 Å². The van der Waals surface area contributed by atoms with E-state index in [0.717, 1.165) is 29.1 Å². The lowest BCUT2D eigenvalue weighted by Crippen LogP contribution is -2.25. The van der Waals surface area contributed by atoms with Crippen molar-refractivity contribution in [2.45, 2.75) is 26.2 Å². The minimum atomic E-state index is 0.0868. The largest absolute Gasteiger partial charge is 0.356 e. The molecule has 0 saturated heterocycles. The van der Waals surface area contributed by atoms with E-state index in [1.54, 1.807) is 23.7 Å². The fourth-order valence-corrected chi connectivity index (χ4v) is 2.40. The molecule has 0 unspecified atom stereocenters. The van der Waals surface area contributed by atoms with E-state index in [9.17, 15) is 4.79 Å². The molecule has 0 bridgehead atoms. The Morgan fingerprint density at radius 1 is 1.32 bits per heavy atom. The van der Waals surface area contributed by atoms with Crippen LogP contribution in [0.5, 0.6) is 0 Å². The first-order valence-electron chi connectivity index (χ1n) is 6.30. The van der Waals surface area contributed by atoms with Gasteiger partial charge < -0.3 is 5.32 Å². The second-order valence-corrected chi connectivity index (χ2v) is 5.38. The molecule has 19 heavy (non-hydrogen) atoms. The van der Waals surface area contributed by atoms with Crippen molar-refractivity contribution in [3.63, 3.8) is 0 Å². The number of thiazole rings is 1. The van der Waals surface area contributed by atoms with Gasteiger partial charge in [-0.3, -0.25) is 9.78 Å². The summed E-state index contributed by atoms with van der Waals surface area (Å²) >= 11 is 1.64. The van der Waals surface area contributed by atoms with Gasteiger partial charge in [0.1, 0.15) is 0 Å². The molecule has 2 rings (SSSR count). The van der Waals surface area contributed by atoms with Gasteiger partial charge in [-0.2, -0.15) is 0 Å². The number of aromatic nitrogens is 2. The van der Waals surface area contributed by atoms with Crippen LogP contribution in [0.4, 0.5) is 0 Å². The molecule has 0 saturated carbocycles. The average Bonchev–Trinajstić information content (AvgIpc) is 2.83. The Bertz CT molecular complexity index is 524. The van der Waals surface area contributed by atoms with E-state index < -0.39 is 0 Å². The number of rotatable bonds is 6. The summed E-state index contributed by atoms with van der Waals surface area (Å²) in [5.74, 6) is 0.0868. The molecule has 1 N–H and O–H groups in total. The summed E-state index contributed by atoms with van der Waals surface area (Å²) in [4.78, 5) is 20.0. The summed E-state index contributed by atoms with van der Waals surface area (Å²) in [7, 11) is 0. The molecule has 2 aromatic heterocycles. The van der Waals surface area contributed by atoms with E-state index in [1.165, 1.54) is 0 Å². The lowest BCUT2D eigenvalue weighted by atomic mass is 10.1. The Hall–Kier alpha value is -1.75. The van der Waals surface area contributed by atoms with E-state index in [2.05, 4.69) is 15.3 Å². The van der Waals surface area contributed by atoms with Crippen molar-refractivity contribution in [1.29, 1.82) is 0 Å². The normalized spacial score (nSPS) is 10.4. The Morgan fingerprint density at radius 2 is 2.11 bits per heavy atom. The van der Waals surface area contributed by atoms with Crippen LogP contribution in [0.3, 0.4) is 0 Å². The standard InChI is InChI=1S/C14H17N3OS/c1-11-17-13(10-19-11)6-9-16-14(18)3-2-12-4-7-15-8-5-12/h4-5,7-8,10H,2-3,6,9H2,1H3,(H,16,18). The van der Waals surface area contributed by atoms with Gasteiger partial charge in [0.25, 0.3) is 0 Å². The average molecular weight is 275 g/mol. The van der Waals surface area contributed by atoms with Gasteiger partial charge in [0.15, 0.2) is 0 Å². The van der Waals surface area contributed by atoms with Crippen LogP contribution in [0.2, 0.25) is 0 Å². The van der Waals surface area contributed by atoms with Crippen LogP contribution < -0.4 is 5.32 Å². The summed E-state index contributed by atoms with van der Waals surface area (Å²) in [6.07, 6.45) is 5.56. The minimum Gasteiger partial charge on any atom is -0.356 e. The molecule has 2 aromatic rings. The number of amides is 1. The zero-order valence-electron chi connectivity index (χ0n) is 10.9. The molecule has 0 fully saturated rings. The third-order valence-electron chi connectivity index (χ3n) is 2.76. The van der Waals surface area contributed by atoms with Crippen molar-refractivity contribution in [2.75, 3.05) is 6.54 Å². The van der Waals surface area contributed by atoms with Crippen LogP contribution in [0.25, 0.3) is 0 Å². The Kier molecular flexibility index (Phi) is 5.03. The molecule has 0 radical (unpaired) electrons. The Balaban J connectivity index is 1.65. The molecule has 2 heterocycles. The quantitative estimate of drug-likeness (QED) is 0.878. The molecule has 0 spiro atoms. The number of aryl methyl sites for hydroxylation is 2. The van der Waals surface area contributed by atoms with Crippen LogP contribution >= 0.6 is 11.3 Å². The first kappa shape index (κ1) is 13.7. The number of pyridine rings is 1. The monoisotopic (exact) mass is 275 g/mol. The molecular weight excluding hydrogens is 258 g/mol. The molecule has 100 valence electrons. The maximum Gasteiger partial charge on any atom is 0.220 e. The molecule has 1 amide bonds. The van der Waals surface area contributed by atoms with Gasteiger partial charge >= 0.3 is 0 Å². The van der Waals surface area contributed by atoms with E-state index in [1.807, 2.05) is 24.4 Å². The molecule has 0 aliphatic rings. The molecular formula is C14H17N3OS. The van der Waals surface area contributed by atoms with Crippen molar-refractivity contribution >= 4 is 17.2 Å². The highest BCUT2D eigenvalue weighted by atomic mass is 32.1. The number of hydrogen-bond acceptors (Lipinski definition) is 4. The van der Waals surface area contributed by atoms with Gasteiger partial charge in [-0.05, 0) is 31.0 Å². The zero-order valence-corrected chi connectivity index (χ0v) is 11.7. The molecule has 0 aliphatic heterocycles. The lowest BCUT2D eigenvalue weighted by Gasteiger charge is -2.04. The fourth-order valence-electron chi connectivity index (χ4n) is 1.75. The predicted octanol–water partition coefficient (Wildman–Crippen LogP) is 2.14. The molecule has 5 heteroatoms. The van der Waals surface area contributed by atoms with Crippen LogP contribution in [0.1, 0.15) is 22.7 Å². The number of carbonyl (C=O) groups excluding carboxylic acids is 1. The van der Waals surface area contributed by atoms with Crippen molar-refractivity contribution in [1.82, 2.24) is 15.3 Å². The summed E-state index contributed by atoms with van der Waals surface area (Å²) in [5, 5.41) is 6.03. The zero-order chi connectivity index (χ0) is 13.5. The van der Waals surface area contributed by atoms with Gasteiger partial charge in [-0.1, -0.05) is 0 Å². The van der Waals surface area contributed by atoms with Crippen LogP contribution in [0, 0.1) is 6.92 Å². The van der Waals surface area contributed by atoms with Crippen LogP contribution in [0.15, 0.2) is 29.9 Å². The topological polar surface area (TPSA) is 54.9 Å². The first-order valence-corrected chi connectivity index (χ1v) is 7.18. The Labute approximate surface area is 116 Å². The van der Waals surface area contributed by atoms with Gasteiger partial charge in [-0.25, -0.2) is 4.98 Å². The second kappa shape index (κ2) is 6.99. The number of nitrogens with one attached hydrogen (secondary N) is 1. The number of carbonyl (C=O) groups is 1. The molecule has 0 aliphatic carbocycles. The van der Waals surface area contributed by atoms with Gasteiger partial charge in [0.2, 0.25) is 5.91 Å².